The molecule has 3 atom stereocenters. The van der Waals surface area contributed by atoms with Gasteiger partial charge in [0.1, 0.15) is 5.75 Å². The van der Waals surface area contributed by atoms with Crippen LogP contribution in [-0.2, 0) is 11.0 Å². The predicted octanol–water partition coefficient (Wildman–Crippen LogP) is 6.21. The van der Waals surface area contributed by atoms with Crippen LogP contribution in [0, 0.1) is 0 Å². The highest BCUT2D eigenvalue weighted by molar-refractivity contribution is 6.00. The Kier molecular flexibility index (Phi) is 6.88. The second-order valence-electron chi connectivity index (χ2n) is 8.18. The Hall–Kier alpha value is -3.39. The quantitative estimate of drug-likeness (QED) is 0.416. The second kappa shape index (κ2) is 9.85. The van der Waals surface area contributed by atoms with E-state index < -0.39 is 30.7 Å². The number of rotatable bonds is 7. The van der Waals surface area contributed by atoms with E-state index in [0.29, 0.717) is 23.4 Å². The Morgan fingerprint density at radius 2 is 1.74 bits per heavy atom. The molecule has 34 heavy (non-hydrogen) atoms. The van der Waals surface area contributed by atoms with Crippen LogP contribution < -0.4 is 15.0 Å². The maximum atomic E-state index is 13.5. The Morgan fingerprint density at radius 3 is 2.38 bits per heavy atom. The zero-order valence-electron chi connectivity index (χ0n) is 18.4. The average molecular weight is 472 g/mol. The molecular weight excluding hydrogens is 448 g/mol. The molecule has 1 heterocycles. The summed E-state index contributed by atoms with van der Waals surface area (Å²) in [5.74, 6) is 0.0678. The van der Waals surface area contributed by atoms with Crippen LogP contribution in [0.15, 0.2) is 78.9 Å². The van der Waals surface area contributed by atoms with Gasteiger partial charge in [-0.1, -0.05) is 42.5 Å². The summed E-state index contributed by atoms with van der Waals surface area (Å²) in [4.78, 5) is 15.0. The van der Waals surface area contributed by atoms with Gasteiger partial charge in [-0.15, -0.1) is 0 Å². The zero-order valence-corrected chi connectivity index (χ0v) is 18.4. The van der Waals surface area contributed by atoms with Crippen LogP contribution in [0.5, 0.6) is 5.75 Å². The van der Waals surface area contributed by atoms with Gasteiger partial charge in [-0.2, -0.15) is 13.2 Å². The van der Waals surface area contributed by atoms with E-state index in [-0.39, 0.29) is 11.9 Å². The van der Waals surface area contributed by atoms with Crippen molar-refractivity contribution in [2.45, 2.75) is 37.6 Å². The molecule has 0 aliphatic carbocycles. The summed E-state index contributed by atoms with van der Waals surface area (Å²) in [6.07, 6.45) is -4.09. The lowest BCUT2D eigenvalue weighted by molar-refractivity contribution is -0.137. The number of alkyl halides is 4. The Bertz CT molecular complexity index is 1120. The molecule has 0 radical (unpaired) electrons. The number of ether oxygens (including phenoxy) is 1. The molecular formula is C26H24F4N2O2. The van der Waals surface area contributed by atoms with Gasteiger partial charge in [0.2, 0.25) is 12.8 Å². The van der Waals surface area contributed by atoms with Crippen LogP contribution in [0.2, 0.25) is 0 Å². The molecule has 1 fully saturated rings. The molecule has 1 saturated heterocycles. The molecule has 1 aliphatic heterocycles. The first-order valence-electron chi connectivity index (χ1n) is 10.9. The number of carbonyl (C=O) groups is 1. The minimum atomic E-state index is -4.47. The minimum absolute atomic E-state index is 0.121. The van der Waals surface area contributed by atoms with E-state index in [0.717, 1.165) is 17.7 Å². The van der Waals surface area contributed by atoms with Gasteiger partial charge in [0, 0.05) is 11.7 Å². The summed E-state index contributed by atoms with van der Waals surface area (Å²) in [5, 5.41) is 3.36. The summed E-state index contributed by atoms with van der Waals surface area (Å²) in [7, 11) is 0. The highest BCUT2D eigenvalue weighted by Crippen LogP contribution is 2.40. The molecule has 0 spiro atoms. The standard InChI is InChI=1S/C26H24F4N2O2/c1-17(18-6-3-2-4-7-18)31-23-15-24(19-8-5-9-22(14-19)34-16-27)32(25(23)33)21-12-10-20(11-13-21)26(28,29)30/h2-14,17,23-24,31H,15-16H2,1H3. The van der Waals surface area contributed by atoms with Crippen LogP contribution in [-0.4, -0.2) is 18.8 Å². The molecule has 178 valence electrons. The third kappa shape index (κ3) is 5.07. The van der Waals surface area contributed by atoms with Gasteiger partial charge < -0.3 is 9.64 Å². The summed E-state index contributed by atoms with van der Waals surface area (Å²) >= 11 is 0. The first-order valence-corrected chi connectivity index (χ1v) is 10.9. The highest BCUT2D eigenvalue weighted by atomic mass is 19.4. The lowest BCUT2D eigenvalue weighted by atomic mass is 10.0. The molecule has 3 aromatic carbocycles. The number of nitrogens with one attached hydrogen (secondary N) is 1. The number of halogens is 4. The predicted molar refractivity (Wildman–Crippen MR) is 121 cm³/mol. The summed E-state index contributed by atoms with van der Waals surface area (Å²) < 4.78 is 56.9. The monoisotopic (exact) mass is 472 g/mol. The SMILES string of the molecule is CC(NC1CC(c2cccc(OCF)c2)N(c2ccc(C(F)(F)F)cc2)C1=O)c1ccccc1. The average Bonchev–Trinajstić information content (AvgIpc) is 3.15. The molecule has 1 aliphatic rings. The van der Waals surface area contributed by atoms with Gasteiger partial charge in [0.05, 0.1) is 17.6 Å². The number of carbonyl (C=O) groups excluding carboxylic acids is 1. The third-order valence-corrected chi connectivity index (χ3v) is 5.99. The van der Waals surface area contributed by atoms with Crippen molar-refractivity contribution in [3.8, 4) is 5.75 Å². The van der Waals surface area contributed by atoms with Crippen molar-refractivity contribution in [3.05, 3.63) is 95.6 Å². The van der Waals surface area contributed by atoms with Gasteiger partial charge in [0.15, 0.2) is 0 Å². The van der Waals surface area contributed by atoms with E-state index in [1.54, 1.807) is 24.3 Å². The van der Waals surface area contributed by atoms with Crippen molar-refractivity contribution < 1.29 is 27.1 Å². The summed E-state index contributed by atoms with van der Waals surface area (Å²) in [6, 6.07) is 19.8. The number of hydrogen-bond donors (Lipinski definition) is 1. The van der Waals surface area contributed by atoms with Crippen LogP contribution in [0.25, 0.3) is 0 Å². The molecule has 3 unspecified atom stereocenters. The summed E-state index contributed by atoms with van der Waals surface area (Å²) in [6.45, 7) is 0.961. The van der Waals surface area contributed by atoms with E-state index in [1.807, 2.05) is 37.3 Å². The van der Waals surface area contributed by atoms with E-state index in [4.69, 9.17) is 4.74 Å². The van der Waals surface area contributed by atoms with Gasteiger partial charge in [-0.3, -0.25) is 10.1 Å². The van der Waals surface area contributed by atoms with Gasteiger partial charge >= 0.3 is 6.18 Å². The topological polar surface area (TPSA) is 41.6 Å². The fourth-order valence-electron chi connectivity index (χ4n) is 4.31. The first kappa shape index (κ1) is 23.8. The minimum Gasteiger partial charge on any atom is -0.463 e. The van der Waals surface area contributed by atoms with Crippen molar-refractivity contribution in [1.82, 2.24) is 5.32 Å². The molecule has 8 heteroatoms. The Balaban J connectivity index is 1.66. The lowest BCUT2D eigenvalue weighted by Crippen LogP contribution is -2.39. The fourth-order valence-corrected chi connectivity index (χ4v) is 4.31. The number of hydrogen-bond acceptors (Lipinski definition) is 3. The van der Waals surface area contributed by atoms with E-state index in [2.05, 4.69) is 5.32 Å². The molecule has 1 N–H and O–H groups in total. The van der Waals surface area contributed by atoms with Gasteiger partial charge in [-0.25, -0.2) is 4.39 Å². The first-order chi connectivity index (χ1) is 16.3. The van der Waals surface area contributed by atoms with Crippen molar-refractivity contribution in [1.29, 1.82) is 0 Å². The van der Waals surface area contributed by atoms with Crippen molar-refractivity contribution in [3.63, 3.8) is 0 Å². The van der Waals surface area contributed by atoms with Crippen molar-refractivity contribution in [2.24, 2.45) is 0 Å². The molecule has 3 aromatic rings. The number of amides is 1. The van der Waals surface area contributed by atoms with Crippen LogP contribution in [0.1, 0.15) is 42.1 Å². The van der Waals surface area contributed by atoms with Gasteiger partial charge in [0.25, 0.3) is 0 Å². The fraction of sp³-hybridized carbons (Fsp3) is 0.269. The Morgan fingerprint density at radius 1 is 1.03 bits per heavy atom. The largest absolute Gasteiger partial charge is 0.463 e. The lowest BCUT2D eigenvalue weighted by Gasteiger charge is -2.26. The third-order valence-electron chi connectivity index (χ3n) is 5.99. The van der Waals surface area contributed by atoms with Crippen LogP contribution in [0.3, 0.4) is 0 Å². The summed E-state index contributed by atoms with van der Waals surface area (Å²) in [5.41, 5.74) is 1.29. The number of anilines is 1. The van der Waals surface area contributed by atoms with Crippen molar-refractivity contribution >= 4 is 11.6 Å². The molecule has 0 bridgehead atoms. The highest BCUT2D eigenvalue weighted by Gasteiger charge is 2.42. The normalized spacial score (nSPS) is 19.3. The van der Waals surface area contributed by atoms with Crippen molar-refractivity contribution in [2.75, 3.05) is 11.8 Å². The van der Waals surface area contributed by atoms with Gasteiger partial charge in [-0.05, 0) is 60.9 Å². The van der Waals surface area contributed by atoms with Crippen LogP contribution >= 0.6 is 0 Å². The number of nitrogens with zero attached hydrogens (tertiary/aromatic N) is 1. The van der Waals surface area contributed by atoms with E-state index in [1.165, 1.54) is 17.0 Å². The molecule has 0 aromatic heterocycles. The number of benzene rings is 3. The Labute approximate surface area is 195 Å². The molecule has 0 saturated carbocycles. The molecule has 1 amide bonds. The maximum Gasteiger partial charge on any atom is 0.416 e. The smallest absolute Gasteiger partial charge is 0.416 e. The van der Waals surface area contributed by atoms with Crippen LogP contribution in [0.4, 0.5) is 23.2 Å². The van der Waals surface area contributed by atoms with E-state index >= 15 is 0 Å². The molecule has 4 nitrogen and oxygen atoms in total. The van der Waals surface area contributed by atoms with E-state index in [9.17, 15) is 22.4 Å². The zero-order chi connectivity index (χ0) is 24.3. The maximum absolute atomic E-state index is 13.5. The second-order valence-corrected chi connectivity index (χ2v) is 8.18. The molecule has 4 rings (SSSR count).